The summed E-state index contributed by atoms with van der Waals surface area (Å²) in [6, 6.07) is 9.26. The maximum absolute atomic E-state index is 13.7. The summed E-state index contributed by atoms with van der Waals surface area (Å²) in [5, 5.41) is 3.55. The summed E-state index contributed by atoms with van der Waals surface area (Å²) in [6.45, 7) is 8.88. The van der Waals surface area contributed by atoms with E-state index in [0.29, 0.717) is 27.7 Å². The van der Waals surface area contributed by atoms with Gasteiger partial charge in [-0.25, -0.2) is 8.42 Å². The van der Waals surface area contributed by atoms with Crippen molar-refractivity contribution in [3.63, 3.8) is 0 Å². The molecular formula is C25H33Cl2N3O4S. The highest BCUT2D eigenvalue weighted by Gasteiger charge is 2.32. The van der Waals surface area contributed by atoms with Gasteiger partial charge in [-0.1, -0.05) is 42.3 Å². The molecule has 10 heteroatoms. The molecule has 0 spiro atoms. The van der Waals surface area contributed by atoms with E-state index in [2.05, 4.69) is 5.32 Å². The fraction of sp³-hybridized carbons (Fsp3) is 0.440. The van der Waals surface area contributed by atoms with Crippen molar-refractivity contribution in [3.8, 4) is 0 Å². The number of carbonyl (C=O) groups excluding carboxylic acids is 2. The molecular weight excluding hydrogens is 509 g/mol. The van der Waals surface area contributed by atoms with E-state index in [1.807, 2.05) is 33.8 Å². The first kappa shape index (κ1) is 28.9. The molecule has 0 saturated carbocycles. The Morgan fingerprint density at radius 2 is 1.66 bits per heavy atom. The summed E-state index contributed by atoms with van der Waals surface area (Å²) < 4.78 is 26.4. The molecule has 0 bridgehead atoms. The van der Waals surface area contributed by atoms with Crippen LogP contribution in [0.1, 0.15) is 43.9 Å². The molecule has 0 aliphatic rings. The Labute approximate surface area is 218 Å². The van der Waals surface area contributed by atoms with Crippen LogP contribution in [0.4, 0.5) is 5.69 Å². The number of anilines is 1. The van der Waals surface area contributed by atoms with Crippen molar-refractivity contribution in [2.45, 2.75) is 59.7 Å². The van der Waals surface area contributed by atoms with Crippen LogP contribution in [0.15, 0.2) is 36.4 Å². The molecule has 192 valence electrons. The average Bonchev–Trinajstić information content (AvgIpc) is 2.75. The lowest BCUT2D eigenvalue weighted by molar-refractivity contribution is -0.140. The number of sulfonamides is 1. The van der Waals surface area contributed by atoms with Crippen LogP contribution < -0.4 is 9.62 Å². The van der Waals surface area contributed by atoms with E-state index in [0.717, 1.165) is 21.7 Å². The maximum atomic E-state index is 13.7. The molecule has 0 saturated heterocycles. The molecule has 0 heterocycles. The van der Waals surface area contributed by atoms with Crippen molar-refractivity contribution in [3.05, 3.63) is 63.1 Å². The smallest absolute Gasteiger partial charge is 0.244 e. The van der Waals surface area contributed by atoms with Crippen LogP contribution in [0, 0.1) is 13.8 Å². The molecule has 0 aliphatic heterocycles. The minimum Gasteiger partial charge on any atom is -0.352 e. The predicted octanol–water partition coefficient (Wildman–Crippen LogP) is 4.71. The third kappa shape index (κ3) is 7.85. The van der Waals surface area contributed by atoms with Gasteiger partial charge in [-0.3, -0.25) is 13.9 Å². The highest BCUT2D eigenvalue weighted by Crippen LogP contribution is 2.25. The number of amides is 2. The molecule has 0 radical (unpaired) electrons. The predicted molar refractivity (Wildman–Crippen MR) is 142 cm³/mol. The van der Waals surface area contributed by atoms with Gasteiger partial charge in [-0.2, -0.15) is 0 Å². The van der Waals surface area contributed by atoms with Gasteiger partial charge in [0.05, 0.1) is 22.0 Å². The Morgan fingerprint density at radius 1 is 1.00 bits per heavy atom. The molecule has 7 nitrogen and oxygen atoms in total. The van der Waals surface area contributed by atoms with Crippen LogP contribution in [0.5, 0.6) is 0 Å². The van der Waals surface area contributed by atoms with Gasteiger partial charge >= 0.3 is 0 Å². The second-order valence-electron chi connectivity index (χ2n) is 8.90. The topological polar surface area (TPSA) is 86.8 Å². The standard InChI is InChI=1S/C25H33Cl2N3O4S/c1-7-23(25(32)28-16(2)3)29(14-19-9-11-21(26)22(27)13-19)24(31)15-30(35(6,33)34)20-10-8-17(4)18(5)12-20/h8-13,16,23H,7,14-15H2,1-6H3,(H,28,32)/t23-/m0/s1. The average molecular weight is 543 g/mol. The largest absolute Gasteiger partial charge is 0.352 e. The second-order valence-corrected chi connectivity index (χ2v) is 11.6. The highest BCUT2D eigenvalue weighted by atomic mass is 35.5. The normalized spacial score (nSPS) is 12.4. The monoisotopic (exact) mass is 541 g/mol. The van der Waals surface area contributed by atoms with Crippen LogP contribution in [0.3, 0.4) is 0 Å². The van der Waals surface area contributed by atoms with Gasteiger partial charge < -0.3 is 10.2 Å². The van der Waals surface area contributed by atoms with Crippen molar-refractivity contribution < 1.29 is 18.0 Å². The number of benzene rings is 2. The van der Waals surface area contributed by atoms with E-state index in [1.54, 1.807) is 37.3 Å². The SMILES string of the molecule is CC[C@@H](C(=O)NC(C)C)N(Cc1ccc(Cl)c(Cl)c1)C(=O)CN(c1ccc(C)c(C)c1)S(C)(=O)=O. The zero-order valence-corrected chi connectivity index (χ0v) is 23.3. The third-order valence-corrected chi connectivity index (χ3v) is 7.49. The van der Waals surface area contributed by atoms with Crippen LogP contribution in [0.2, 0.25) is 10.0 Å². The first-order valence-electron chi connectivity index (χ1n) is 11.3. The molecule has 2 amide bonds. The van der Waals surface area contributed by atoms with Crippen LogP contribution >= 0.6 is 23.2 Å². The van der Waals surface area contributed by atoms with E-state index in [4.69, 9.17) is 23.2 Å². The zero-order chi connectivity index (χ0) is 26.5. The Kier molecular flexibility index (Phi) is 10.0. The second kappa shape index (κ2) is 12.1. The van der Waals surface area contributed by atoms with Crippen LogP contribution in [0.25, 0.3) is 0 Å². The molecule has 2 rings (SSSR count). The molecule has 1 N–H and O–H groups in total. The third-order valence-electron chi connectivity index (χ3n) is 5.61. The minimum atomic E-state index is -3.79. The van der Waals surface area contributed by atoms with Gasteiger partial charge in [0.25, 0.3) is 0 Å². The molecule has 0 unspecified atom stereocenters. The Bertz CT molecular complexity index is 1190. The first-order chi connectivity index (χ1) is 16.2. The summed E-state index contributed by atoms with van der Waals surface area (Å²) in [5.41, 5.74) is 2.96. The first-order valence-corrected chi connectivity index (χ1v) is 13.9. The Morgan fingerprint density at radius 3 is 2.17 bits per heavy atom. The molecule has 0 aliphatic carbocycles. The van der Waals surface area contributed by atoms with Crippen molar-refractivity contribution in [2.24, 2.45) is 0 Å². The van der Waals surface area contributed by atoms with Gasteiger partial charge in [0.15, 0.2) is 0 Å². The number of nitrogens with zero attached hydrogens (tertiary/aromatic N) is 2. The van der Waals surface area contributed by atoms with Crippen LogP contribution in [-0.2, 0) is 26.2 Å². The summed E-state index contributed by atoms with van der Waals surface area (Å²) >= 11 is 12.2. The summed E-state index contributed by atoms with van der Waals surface area (Å²) in [5.74, 6) is -0.821. The molecule has 0 aromatic heterocycles. The van der Waals surface area contributed by atoms with Crippen molar-refractivity contribution in [2.75, 3.05) is 17.1 Å². The van der Waals surface area contributed by atoms with Crippen molar-refractivity contribution in [1.82, 2.24) is 10.2 Å². The van der Waals surface area contributed by atoms with E-state index < -0.39 is 28.5 Å². The number of aryl methyl sites for hydroxylation is 2. The lowest BCUT2D eigenvalue weighted by Crippen LogP contribution is -2.53. The van der Waals surface area contributed by atoms with Crippen molar-refractivity contribution >= 4 is 50.7 Å². The van der Waals surface area contributed by atoms with E-state index in [9.17, 15) is 18.0 Å². The number of hydrogen-bond donors (Lipinski definition) is 1. The molecule has 1 atom stereocenters. The molecule has 2 aromatic rings. The number of rotatable bonds is 10. The van der Waals surface area contributed by atoms with Gasteiger partial charge in [0, 0.05) is 12.6 Å². The number of carbonyl (C=O) groups is 2. The number of halogens is 2. The van der Waals surface area contributed by atoms with Gasteiger partial charge in [-0.05, 0) is 75.1 Å². The van der Waals surface area contributed by atoms with E-state index in [-0.39, 0.29) is 18.5 Å². The number of nitrogens with one attached hydrogen (secondary N) is 1. The Balaban J connectivity index is 2.48. The molecule has 35 heavy (non-hydrogen) atoms. The minimum absolute atomic E-state index is 0.0598. The molecule has 2 aromatic carbocycles. The highest BCUT2D eigenvalue weighted by molar-refractivity contribution is 7.92. The maximum Gasteiger partial charge on any atom is 0.244 e. The van der Waals surface area contributed by atoms with E-state index >= 15 is 0 Å². The summed E-state index contributed by atoms with van der Waals surface area (Å²) in [4.78, 5) is 28.0. The lowest BCUT2D eigenvalue weighted by Gasteiger charge is -2.33. The van der Waals surface area contributed by atoms with Gasteiger partial charge in [0.1, 0.15) is 12.6 Å². The van der Waals surface area contributed by atoms with E-state index in [1.165, 1.54) is 4.90 Å². The van der Waals surface area contributed by atoms with Crippen LogP contribution in [-0.4, -0.2) is 50.0 Å². The lowest BCUT2D eigenvalue weighted by atomic mass is 10.1. The summed E-state index contributed by atoms with van der Waals surface area (Å²) in [6.07, 6.45) is 1.40. The fourth-order valence-electron chi connectivity index (χ4n) is 3.63. The van der Waals surface area contributed by atoms with Gasteiger partial charge in [-0.15, -0.1) is 0 Å². The Hall–Kier alpha value is -2.29. The summed E-state index contributed by atoms with van der Waals surface area (Å²) in [7, 11) is -3.79. The quantitative estimate of drug-likeness (QED) is 0.471. The molecule has 0 fully saturated rings. The fourth-order valence-corrected chi connectivity index (χ4v) is 4.79. The van der Waals surface area contributed by atoms with Gasteiger partial charge in [0.2, 0.25) is 21.8 Å². The number of hydrogen-bond acceptors (Lipinski definition) is 4. The van der Waals surface area contributed by atoms with Crippen molar-refractivity contribution in [1.29, 1.82) is 0 Å². The zero-order valence-electron chi connectivity index (χ0n) is 20.9.